The van der Waals surface area contributed by atoms with Crippen molar-refractivity contribution in [1.82, 2.24) is 4.90 Å². The molecule has 1 saturated heterocycles. The second kappa shape index (κ2) is 9.17. The zero-order valence-corrected chi connectivity index (χ0v) is 17.6. The number of sulfone groups is 1. The minimum absolute atomic E-state index is 0.0463. The molecule has 2 rings (SSSR count). The third-order valence-corrected chi connectivity index (χ3v) is 7.40. The van der Waals surface area contributed by atoms with Gasteiger partial charge in [0.2, 0.25) is 5.91 Å². The minimum atomic E-state index is -3.28. The standard InChI is InChI=1S/C20H32N2O4S/c1-5-6-10-22-11-12-26-14-18(22)19(23)21-17-9-7-8-16(13-17)15-27(24,25)20(2,3)4/h7-9,13,18H,5-6,10-12,14-15H2,1-4H3,(H,21,23)/t18-/m1/s1. The molecule has 1 aromatic carbocycles. The highest BCUT2D eigenvalue weighted by atomic mass is 32.2. The Bertz CT molecular complexity index is 741. The maximum atomic E-state index is 12.7. The lowest BCUT2D eigenvalue weighted by atomic mass is 10.1. The SMILES string of the molecule is CCCCN1CCOC[C@@H]1C(=O)Nc1cccc(CS(=O)(=O)C(C)(C)C)c1. The van der Waals surface area contributed by atoms with Gasteiger partial charge in [0, 0.05) is 12.2 Å². The van der Waals surface area contributed by atoms with Gasteiger partial charge in [-0.25, -0.2) is 8.42 Å². The van der Waals surface area contributed by atoms with E-state index in [2.05, 4.69) is 17.1 Å². The van der Waals surface area contributed by atoms with Crippen LogP contribution in [0.2, 0.25) is 0 Å². The molecular formula is C20H32N2O4S. The van der Waals surface area contributed by atoms with Crippen molar-refractivity contribution in [3.8, 4) is 0 Å². The lowest BCUT2D eigenvalue weighted by molar-refractivity contribution is -0.127. The number of anilines is 1. The number of rotatable bonds is 7. The average Bonchev–Trinajstić information content (AvgIpc) is 2.59. The number of benzene rings is 1. The van der Waals surface area contributed by atoms with Crippen LogP contribution in [0.4, 0.5) is 5.69 Å². The van der Waals surface area contributed by atoms with E-state index < -0.39 is 14.6 Å². The maximum absolute atomic E-state index is 12.7. The fourth-order valence-electron chi connectivity index (χ4n) is 2.91. The lowest BCUT2D eigenvalue weighted by Crippen LogP contribution is -2.52. The summed E-state index contributed by atoms with van der Waals surface area (Å²) in [5.41, 5.74) is 1.29. The molecule has 27 heavy (non-hydrogen) atoms. The molecule has 0 aliphatic carbocycles. The second-order valence-corrected chi connectivity index (χ2v) is 10.8. The molecule has 1 aromatic rings. The van der Waals surface area contributed by atoms with Gasteiger partial charge in [0.1, 0.15) is 6.04 Å². The van der Waals surface area contributed by atoms with Crippen LogP contribution in [-0.4, -0.2) is 56.3 Å². The van der Waals surface area contributed by atoms with Gasteiger partial charge in [-0.1, -0.05) is 25.5 Å². The zero-order chi connectivity index (χ0) is 20.1. The van der Waals surface area contributed by atoms with Crippen molar-refractivity contribution >= 4 is 21.4 Å². The summed E-state index contributed by atoms with van der Waals surface area (Å²) in [6, 6.07) is 6.75. The Balaban J connectivity index is 2.07. The summed E-state index contributed by atoms with van der Waals surface area (Å²) in [6.07, 6.45) is 2.12. The van der Waals surface area contributed by atoms with Gasteiger partial charge < -0.3 is 10.1 Å². The summed E-state index contributed by atoms with van der Waals surface area (Å²) in [5, 5.41) is 2.93. The second-order valence-electron chi connectivity index (χ2n) is 8.04. The molecule has 152 valence electrons. The van der Waals surface area contributed by atoms with Crippen LogP contribution in [0.15, 0.2) is 24.3 Å². The number of hydrogen-bond donors (Lipinski definition) is 1. The lowest BCUT2D eigenvalue weighted by Gasteiger charge is -2.34. The van der Waals surface area contributed by atoms with E-state index in [1.165, 1.54) is 0 Å². The molecule has 1 aliphatic heterocycles. The van der Waals surface area contributed by atoms with Crippen molar-refractivity contribution in [2.75, 3.05) is 31.6 Å². The molecule has 0 radical (unpaired) electrons. The molecule has 0 spiro atoms. The number of hydrogen-bond acceptors (Lipinski definition) is 5. The van der Waals surface area contributed by atoms with Crippen LogP contribution < -0.4 is 5.32 Å². The molecule has 1 fully saturated rings. The van der Waals surface area contributed by atoms with Crippen LogP contribution in [0.5, 0.6) is 0 Å². The van der Waals surface area contributed by atoms with Crippen LogP contribution >= 0.6 is 0 Å². The van der Waals surface area contributed by atoms with Crippen LogP contribution in [0.1, 0.15) is 46.1 Å². The van der Waals surface area contributed by atoms with Crippen molar-refractivity contribution in [2.24, 2.45) is 0 Å². The van der Waals surface area contributed by atoms with Crippen LogP contribution in [0, 0.1) is 0 Å². The van der Waals surface area contributed by atoms with Gasteiger partial charge in [-0.2, -0.15) is 0 Å². The van der Waals surface area contributed by atoms with E-state index in [1.807, 2.05) is 0 Å². The normalized spacial score (nSPS) is 19.0. The summed E-state index contributed by atoms with van der Waals surface area (Å²) in [4.78, 5) is 14.9. The third kappa shape index (κ3) is 6.02. The van der Waals surface area contributed by atoms with Crippen molar-refractivity contribution < 1.29 is 17.9 Å². The van der Waals surface area contributed by atoms with E-state index >= 15 is 0 Å². The smallest absolute Gasteiger partial charge is 0.244 e. The van der Waals surface area contributed by atoms with Crippen molar-refractivity contribution in [3.05, 3.63) is 29.8 Å². The quantitative estimate of drug-likeness (QED) is 0.767. The van der Waals surface area contributed by atoms with Crippen molar-refractivity contribution in [2.45, 2.75) is 57.1 Å². The third-order valence-electron chi connectivity index (χ3n) is 4.83. The van der Waals surface area contributed by atoms with Gasteiger partial charge in [-0.3, -0.25) is 9.69 Å². The van der Waals surface area contributed by atoms with E-state index in [4.69, 9.17) is 4.74 Å². The fraction of sp³-hybridized carbons (Fsp3) is 0.650. The summed E-state index contributed by atoms with van der Waals surface area (Å²) >= 11 is 0. The van der Waals surface area contributed by atoms with Gasteiger partial charge >= 0.3 is 0 Å². The maximum Gasteiger partial charge on any atom is 0.244 e. The van der Waals surface area contributed by atoms with E-state index in [0.717, 1.165) is 25.9 Å². The first-order valence-corrected chi connectivity index (χ1v) is 11.2. The molecule has 7 heteroatoms. The Morgan fingerprint density at radius 3 is 2.74 bits per heavy atom. The number of morpholine rings is 1. The molecule has 1 heterocycles. The number of nitrogens with zero attached hydrogens (tertiary/aromatic N) is 1. The van der Waals surface area contributed by atoms with Gasteiger partial charge in [-0.15, -0.1) is 0 Å². The summed E-state index contributed by atoms with van der Waals surface area (Å²) < 4.78 is 29.6. The highest BCUT2D eigenvalue weighted by Gasteiger charge is 2.30. The number of amides is 1. The van der Waals surface area contributed by atoms with Crippen molar-refractivity contribution in [1.29, 1.82) is 0 Å². The molecule has 1 N–H and O–H groups in total. The Hall–Kier alpha value is -1.44. The molecular weight excluding hydrogens is 364 g/mol. The van der Waals surface area contributed by atoms with Gasteiger partial charge in [0.15, 0.2) is 9.84 Å². The Labute approximate surface area is 163 Å². The molecule has 1 aliphatic rings. The highest BCUT2D eigenvalue weighted by Crippen LogP contribution is 2.22. The molecule has 1 atom stereocenters. The first-order chi connectivity index (χ1) is 12.6. The van der Waals surface area contributed by atoms with Gasteiger partial charge in [-0.05, 0) is 51.4 Å². The van der Waals surface area contributed by atoms with Crippen LogP contribution in [-0.2, 0) is 25.1 Å². The fourth-order valence-corrected chi connectivity index (χ4v) is 3.96. The van der Waals surface area contributed by atoms with Gasteiger partial charge in [0.25, 0.3) is 0 Å². The predicted octanol–water partition coefficient (Wildman–Crippen LogP) is 2.84. The molecule has 1 amide bonds. The Morgan fingerprint density at radius 1 is 1.33 bits per heavy atom. The zero-order valence-electron chi connectivity index (χ0n) is 16.8. The number of ether oxygens (including phenoxy) is 1. The van der Waals surface area contributed by atoms with E-state index in [9.17, 15) is 13.2 Å². The van der Waals surface area contributed by atoms with E-state index in [1.54, 1.807) is 45.0 Å². The molecule has 0 unspecified atom stereocenters. The van der Waals surface area contributed by atoms with Crippen molar-refractivity contribution in [3.63, 3.8) is 0 Å². The number of nitrogens with one attached hydrogen (secondary N) is 1. The Morgan fingerprint density at radius 2 is 2.07 bits per heavy atom. The first kappa shape index (κ1) is 21.9. The topological polar surface area (TPSA) is 75.7 Å². The van der Waals surface area contributed by atoms with E-state index in [0.29, 0.717) is 24.5 Å². The van der Waals surface area contributed by atoms with Gasteiger partial charge in [0.05, 0.1) is 23.7 Å². The van der Waals surface area contributed by atoms with E-state index in [-0.39, 0.29) is 17.7 Å². The molecule has 0 bridgehead atoms. The summed E-state index contributed by atoms with van der Waals surface area (Å²) in [6.45, 7) is 9.88. The molecule has 6 nitrogen and oxygen atoms in total. The molecule has 0 saturated carbocycles. The monoisotopic (exact) mass is 396 g/mol. The van der Waals surface area contributed by atoms with Crippen LogP contribution in [0.3, 0.4) is 0 Å². The average molecular weight is 397 g/mol. The van der Waals surface area contributed by atoms with Crippen LogP contribution in [0.25, 0.3) is 0 Å². The number of carbonyl (C=O) groups is 1. The summed E-state index contributed by atoms with van der Waals surface area (Å²) in [7, 11) is -3.28. The minimum Gasteiger partial charge on any atom is -0.378 e. The molecule has 0 aromatic heterocycles. The largest absolute Gasteiger partial charge is 0.378 e. The summed E-state index contributed by atoms with van der Waals surface area (Å²) in [5.74, 6) is -0.156. The highest BCUT2D eigenvalue weighted by molar-refractivity contribution is 7.91. The Kier molecular flexibility index (Phi) is 7.42. The number of unbranched alkanes of at least 4 members (excludes halogenated alkanes) is 1. The number of carbonyl (C=O) groups excluding carboxylic acids is 1. The predicted molar refractivity (Wildman–Crippen MR) is 109 cm³/mol. The first-order valence-electron chi connectivity index (χ1n) is 9.58.